The lowest BCUT2D eigenvalue weighted by molar-refractivity contribution is -0.118. The fourth-order valence-electron chi connectivity index (χ4n) is 2.28. The highest BCUT2D eigenvalue weighted by Crippen LogP contribution is 2.21. The van der Waals surface area contributed by atoms with Gasteiger partial charge in [0.15, 0.2) is 0 Å². The van der Waals surface area contributed by atoms with E-state index in [4.69, 9.17) is 16.0 Å². The summed E-state index contributed by atoms with van der Waals surface area (Å²) in [7, 11) is 0. The van der Waals surface area contributed by atoms with E-state index in [2.05, 4.69) is 10.3 Å². The first kappa shape index (κ1) is 19.9. The predicted molar refractivity (Wildman–Crippen MR) is 113 cm³/mol. The van der Waals surface area contributed by atoms with Gasteiger partial charge in [-0.1, -0.05) is 29.8 Å². The van der Waals surface area contributed by atoms with Crippen molar-refractivity contribution in [3.8, 4) is 11.5 Å². The van der Waals surface area contributed by atoms with Crippen molar-refractivity contribution in [2.45, 2.75) is 10.6 Å². The third-order valence-corrected chi connectivity index (χ3v) is 5.79. The predicted octanol–water partition coefficient (Wildman–Crippen LogP) is 5.14. The van der Waals surface area contributed by atoms with Crippen molar-refractivity contribution in [2.75, 3.05) is 18.1 Å². The van der Waals surface area contributed by atoms with Crippen LogP contribution in [0.5, 0.6) is 0 Å². The number of rotatable bonds is 9. The lowest BCUT2D eigenvalue weighted by Gasteiger charge is -2.05. The van der Waals surface area contributed by atoms with Gasteiger partial charge in [-0.2, -0.15) is 0 Å². The van der Waals surface area contributed by atoms with E-state index in [9.17, 15) is 4.79 Å². The Kier molecular flexibility index (Phi) is 7.68. The molecule has 1 aromatic heterocycles. The molecule has 7 heteroatoms. The minimum atomic E-state index is 0.0310. The maximum Gasteiger partial charge on any atom is 0.230 e. The zero-order valence-electron chi connectivity index (χ0n) is 14.6. The Bertz CT molecular complexity index is 854. The summed E-state index contributed by atoms with van der Waals surface area (Å²) in [6.07, 6.45) is 1.65. The molecule has 3 aromatic rings. The minimum absolute atomic E-state index is 0.0310. The number of carbonyl (C=O) groups excluding carboxylic acids is 1. The highest BCUT2D eigenvalue weighted by atomic mass is 35.5. The first-order chi connectivity index (χ1) is 13.2. The molecule has 0 unspecified atom stereocenters. The molecule has 140 valence electrons. The molecule has 4 nitrogen and oxygen atoms in total. The molecular weight excluding hydrogens is 400 g/mol. The third-order valence-electron chi connectivity index (χ3n) is 3.56. The first-order valence-electron chi connectivity index (χ1n) is 8.43. The summed E-state index contributed by atoms with van der Waals surface area (Å²) in [5.74, 6) is 2.50. The summed E-state index contributed by atoms with van der Waals surface area (Å²) in [6, 6.07) is 17.5. The quantitative estimate of drug-likeness (QED) is 0.385. The number of nitrogens with zero attached hydrogens (tertiary/aromatic N) is 1. The topological polar surface area (TPSA) is 55.1 Å². The van der Waals surface area contributed by atoms with E-state index < -0.39 is 0 Å². The Labute approximate surface area is 172 Å². The van der Waals surface area contributed by atoms with E-state index in [1.54, 1.807) is 18.0 Å². The van der Waals surface area contributed by atoms with Crippen LogP contribution in [0.25, 0.3) is 11.5 Å². The SMILES string of the molecule is O=C(CSCc1coc(-c2ccccc2)n1)NCCSc1ccc(Cl)cc1. The van der Waals surface area contributed by atoms with Gasteiger partial charge in [0, 0.05) is 33.5 Å². The van der Waals surface area contributed by atoms with Crippen molar-refractivity contribution in [3.05, 3.63) is 71.6 Å². The monoisotopic (exact) mass is 418 g/mol. The van der Waals surface area contributed by atoms with Gasteiger partial charge in [0.05, 0.1) is 11.4 Å². The minimum Gasteiger partial charge on any atom is -0.444 e. The second-order valence-electron chi connectivity index (χ2n) is 5.66. The lowest BCUT2D eigenvalue weighted by Crippen LogP contribution is -2.27. The van der Waals surface area contributed by atoms with Gasteiger partial charge in [-0.15, -0.1) is 23.5 Å². The molecule has 0 aliphatic rings. The molecule has 27 heavy (non-hydrogen) atoms. The van der Waals surface area contributed by atoms with Crippen molar-refractivity contribution in [3.63, 3.8) is 0 Å². The second-order valence-corrected chi connectivity index (χ2v) is 8.25. The number of aromatic nitrogens is 1. The molecule has 1 amide bonds. The summed E-state index contributed by atoms with van der Waals surface area (Å²) in [6.45, 7) is 0.634. The summed E-state index contributed by atoms with van der Waals surface area (Å²) in [5, 5.41) is 3.66. The van der Waals surface area contributed by atoms with Gasteiger partial charge in [-0.05, 0) is 36.4 Å². The van der Waals surface area contributed by atoms with Crippen LogP contribution in [0.4, 0.5) is 0 Å². The molecule has 0 atom stereocenters. The van der Waals surface area contributed by atoms with E-state index in [0.717, 1.165) is 26.9 Å². The number of nitrogens with one attached hydrogen (secondary N) is 1. The average molecular weight is 419 g/mol. The highest BCUT2D eigenvalue weighted by Gasteiger charge is 2.07. The van der Waals surface area contributed by atoms with Gasteiger partial charge in [0.1, 0.15) is 6.26 Å². The molecule has 2 aromatic carbocycles. The Morgan fingerprint density at radius 1 is 1.11 bits per heavy atom. The standard InChI is InChI=1S/C20H19ClN2O2S2/c21-16-6-8-18(9-7-16)27-11-10-22-19(24)14-26-13-17-12-25-20(23-17)15-4-2-1-3-5-15/h1-9,12H,10-11,13-14H2,(H,22,24). The number of thioether (sulfide) groups is 2. The fourth-order valence-corrected chi connectivity index (χ4v) is 3.90. The molecule has 0 aliphatic carbocycles. The van der Waals surface area contributed by atoms with Crippen molar-refractivity contribution in [1.29, 1.82) is 0 Å². The Hall–Kier alpha value is -1.89. The van der Waals surface area contributed by atoms with Gasteiger partial charge < -0.3 is 9.73 Å². The fraction of sp³-hybridized carbons (Fsp3) is 0.200. The molecule has 0 aliphatic heterocycles. The molecular formula is C20H19ClN2O2S2. The number of halogens is 1. The van der Waals surface area contributed by atoms with Gasteiger partial charge in [0.25, 0.3) is 0 Å². The van der Waals surface area contributed by atoms with E-state index in [-0.39, 0.29) is 5.91 Å². The summed E-state index contributed by atoms with van der Waals surface area (Å²) < 4.78 is 5.50. The van der Waals surface area contributed by atoms with Crippen LogP contribution in [-0.4, -0.2) is 28.9 Å². The number of oxazole rings is 1. The zero-order chi connectivity index (χ0) is 18.9. The number of hydrogen-bond donors (Lipinski definition) is 1. The van der Waals surface area contributed by atoms with E-state index in [1.807, 2.05) is 54.6 Å². The van der Waals surface area contributed by atoms with Crippen LogP contribution < -0.4 is 5.32 Å². The van der Waals surface area contributed by atoms with Crippen LogP contribution >= 0.6 is 35.1 Å². The summed E-state index contributed by atoms with van der Waals surface area (Å²) in [4.78, 5) is 17.5. The lowest BCUT2D eigenvalue weighted by atomic mass is 10.2. The van der Waals surface area contributed by atoms with Crippen molar-refractivity contribution >= 4 is 41.0 Å². The Balaban J connectivity index is 1.31. The molecule has 0 fully saturated rings. The van der Waals surface area contributed by atoms with E-state index in [1.165, 1.54) is 11.8 Å². The Morgan fingerprint density at radius 2 is 1.89 bits per heavy atom. The Morgan fingerprint density at radius 3 is 2.67 bits per heavy atom. The summed E-state index contributed by atoms with van der Waals surface area (Å²) in [5.41, 5.74) is 1.79. The number of benzene rings is 2. The van der Waals surface area contributed by atoms with Crippen LogP contribution in [0, 0.1) is 0 Å². The second kappa shape index (κ2) is 10.4. The van der Waals surface area contributed by atoms with Crippen LogP contribution in [0.3, 0.4) is 0 Å². The maximum atomic E-state index is 11.9. The first-order valence-corrected chi connectivity index (χ1v) is 10.9. The van der Waals surface area contributed by atoms with Crippen LogP contribution in [0.1, 0.15) is 5.69 Å². The van der Waals surface area contributed by atoms with Crippen molar-refractivity contribution < 1.29 is 9.21 Å². The molecule has 3 rings (SSSR count). The third kappa shape index (κ3) is 6.65. The van der Waals surface area contributed by atoms with E-state index in [0.29, 0.717) is 23.9 Å². The van der Waals surface area contributed by atoms with Gasteiger partial charge in [0.2, 0.25) is 11.8 Å². The number of carbonyl (C=O) groups is 1. The molecule has 0 radical (unpaired) electrons. The van der Waals surface area contributed by atoms with Gasteiger partial charge in [-0.3, -0.25) is 4.79 Å². The van der Waals surface area contributed by atoms with Crippen molar-refractivity contribution in [2.24, 2.45) is 0 Å². The van der Waals surface area contributed by atoms with Crippen LogP contribution in [0.2, 0.25) is 5.02 Å². The maximum absolute atomic E-state index is 11.9. The number of amides is 1. The molecule has 1 N–H and O–H groups in total. The number of hydrogen-bond acceptors (Lipinski definition) is 5. The normalized spacial score (nSPS) is 10.7. The largest absolute Gasteiger partial charge is 0.444 e. The zero-order valence-corrected chi connectivity index (χ0v) is 16.9. The van der Waals surface area contributed by atoms with Gasteiger partial charge >= 0.3 is 0 Å². The molecule has 0 spiro atoms. The molecule has 1 heterocycles. The summed E-state index contributed by atoms with van der Waals surface area (Å²) >= 11 is 9.07. The van der Waals surface area contributed by atoms with E-state index >= 15 is 0 Å². The van der Waals surface area contributed by atoms with Crippen LogP contribution in [0.15, 0.2) is 70.2 Å². The molecule has 0 saturated carbocycles. The highest BCUT2D eigenvalue weighted by molar-refractivity contribution is 7.99. The molecule has 0 saturated heterocycles. The average Bonchev–Trinajstić information content (AvgIpc) is 3.16. The smallest absolute Gasteiger partial charge is 0.230 e. The van der Waals surface area contributed by atoms with Crippen molar-refractivity contribution in [1.82, 2.24) is 10.3 Å². The van der Waals surface area contributed by atoms with Gasteiger partial charge in [-0.25, -0.2) is 4.98 Å². The molecule has 0 bridgehead atoms. The van der Waals surface area contributed by atoms with Crippen LogP contribution in [-0.2, 0) is 10.5 Å².